The average Bonchev–Trinajstić information content (AvgIpc) is 3.26. The van der Waals surface area contributed by atoms with Crippen LogP contribution in [0.1, 0.15) is 11.3 Å². The summed E-state index contributed by atoms with van der Waals surface area (Å²) in [5.41, 5.74) is 2.56. The highest BCUT2D eigenvalue weighted by atomic mass is 35.5. The first-order valence-electron chi connectivity index (χ1n) is 7.08. The third-order valence-electron chi connectivity index (χ3n) is 3.34. The van der Waals surface area contributed by atoms with E-state index in [0.717, 1.165) is 11.3 Å². The standard InChI is InChI=1S/C16H15ClN4O2/c17-8-16(22)20(12-14-6-7-23-19-14)10-13-9-18-21(11-13)15-4-2-1-3-5-15/h1-7,9,11H,8,10,12H2. The smallest absolute Gasteiger partial charge is 0.238 e. The lowest BCUT2D eigenvalue weighted by Crippen LogP contribution is -2.31. The molecule has 0 atom stereocenters. The molecule has 23 heavy (non-hydrogen) atoms. The van der Waals surface area contributed by atoms with E-state index in [4.69, 9.17) is 16.1 Å². The molecule has 0 aliphatic rings. The molecule has 6 nitrogen and oxygen atoms in total. The van der Waals surface area contributed by atoms with Gasteiger partial charge in [-0.05, 0) is 12.1 Å². The SMILES string of the molecule is O=C(CCl)N(Cc1cnn(-c2ccccc2)c1)Cc1ccon1. The van der Waals surface area contributed by atoms with Gasteiger partial charge in [0.2, 0.25) is 5.91 Å². The monoisotopic (exact) mass is 330 g/mol. The maximum absolute atomic E-state index is 12.0. The van der Waals surface area contributed by atoms with Gasteiger partial charge in [-0.25, -0.2) is 4.68 Å². The van der Waals surface area contributed by atoms with Crippen molar-refractivity contribution in [1.82, 2.24) is 19.8 Å². The number of hydrogen-bond donors (Lipinski definition) is 0. The van der Waals surface area contributed by atoms with Crippen LogP contribution in [0.3, 0.4) is 0 Å². The summed E-state index contributed by atoms with van der Waals surface area (Å²) in [6, 6.07) is 11.5. The Hall–Kier alpha value is -2.60. The molecule has 3 rings (SSSR count). The number of halogens is 1. The van der Waals surface area contributed by atoms with E-state index in [2.05, 4.69) is 10.3 Å². The summed E-state index contributed by atoms with van der Waals surface area (Å²) >= 11 is 5.70. The molecule has 0 unspecified atom stereocenters. The highest BCUT2D eigenvalue weighted by Gasteiger charge is 2.16. The van der Waals surface area contributed by atoms with E-state index in [-0.39, 0.29) is 11.8 Å². The molecule has 0 N–H and O–H groups in total. The Morgan fingerprint density at radius 1 is 1.22 bits per heavy atom. The quantitative estimate of drug-likeness (QED) is 0.652. The fraction of sp³-hybridized carbons (Fsp3) is 0.188. The minimum atomic E-state index is -0.165. The summed E-state index contributed by atoms with van der Waals surface area (Å²) in [5.74, 6) is -0.243. The van der Waals surface area contributed by atoms with Crippen LogP contribution >= 0.6 is 11.6 Å². The van der Waals surface area contributed by atoms with Gasteiger partial charge in [-0.2, -0.15) is 5.10 Å². The highest BCUT2D eigenvalue weighted by Crippen LogP contribution is 2.12. The minimum Gasteiger partial charge on any atom is -0.364 e. The van der Waals surface area contributed by atoms with Gasteiger partial charge in [-0.15, -0.1) is 11.6 Å². The second kappa shape index (κ2) is 7.11. The highest BCUT2D eigenvalue weighted by molar-refractivity contribution is 6.27. The van der Waals surface area contributed by atoms with Gasteiger partial charge in [-0.3, -0.25) is 4.79 Å². The minimum absolute atomic E-state index is 0.0787. The lowest BCUT2D eigenvalue weighted by atomic mass is 10.3. The maximum Gasteiger partial charge on any atom is 0.238 e. The van der Waals surface area contributed by atoms with E-state index in [9.17, 15) is 4.79 Å². The van der Waals surface area contributed by atoms with E-state index in [0.29, 0.717) is 18.8 Å². The van der Waals surface area contributed by atoms with E-state index in [1.807, 2.05) is 36.5 Å². The number of benzene rings is 1. The lowest BCUT2D eigenvalue weighted by Gasteiger charge is -2.19. The molecule has 0 bridgehead atoms. The molecular weight excluding hydrogens is 316 g/mol. The van der Waals surface area contributed by atoms with Crippen LogP contribution in [0.5, 0.6) is 0 Å². The van der Waals surface area contributed by atoms with E-state index in [1.54, 1.807) is 21.8 Å². The van der Waals surface area contributed by atoms with Crippen molar-refractivity contribution in [1.29, 1.82) is 0 Å². The molecule has 2 heterocycles. The van der Waals surface area contributed by atoms with Gasteiger partial charge in [0.25, 0.3) is 0 Å². The Morgan fingerprint density at radius 3 is 2.74 bits per heavy atom. The number of carbonyl (C=O) groups is 1. The molecular formula is C16H15ClN4O2. The Labute approximate surface area is 138 Å². The number of carbonyl (C=O) groups excluding carboxylic acids is 1. The zero-order chi connectivity index (χ0) is 16.1. The van der Waals surface area contributed by atoms with Gasteiger partial charge in [-0.1, -0.05) is 23.4 Å². The molecule has 2 aromatic heterocycles. The Bertz CT molecular complexity index is 756. The number of rotatable bonds is 6. The normalized spacial score (nSPS) is 10.7. The van der Waals surface area contributed by atoms with Crippen molar-refractivity contribution in [3.63, 3.8) is 0 Å². The first-order valence-corrected chi connectivity index (χ1v) is 7.61. The van der Waals surface area contributed by atoms with Crippen molar-refractivity contribution < 1.29 is 9.32 Å². The second-order valence-electron chi connectivity index (χ2n) is 5.00. The van der Waals surface area contributed by atoms with Crippen LogP contribution in [0.2, 0.25) is 0 Å². The number of amides is 1. The second-order valence-corrected chi connectivity index (χ2v) is 5.27. The number of alkyl halides is 1. The van der Waals surface area contributed by atoms with Crippen LogP contribution in [0.15, 0.2) is 59.6 Å². The van der Waals surface area contributed by atoms with Crippen LogP contribution in [-0.4, -0.2) is 31.6 Å². The van der Waals surface area contributed by atoms with Crippen molar-refractivity contribution in [2.45, 2.75) is 13.1 Å². The van der Waals surface area contributed by atoms with Crippen molar-refractivity contribution in [2.75, 3.05) is 5.88 Å². The molecule has 7 heteroatoms. The van der Waals surface area contributed by atoms with E-state index >= 15 is 0 Å². The molecule has 118 valence electrons. The third-order valence-corrected chi connectivity index (χ3v) is 3.57. The zero-order valence-corrected chi connectivity index (χ0v) is 13.1. The Morgan fingerprint density at radius 2 is 2.04 bits per heavy atom. The summed E-state index contributed by atoms with van der Waals surface area (Å²) in [4.78, 5) is 13.6. The molecule has 0 radical (unpaired) electrons. The topological polar surface area (TPSA) is 64.2 Å². The first kappa shape index (κ1) is 15.3. The van der Waals surface area contributed by atoms with Gasteiger partial charge in [0.05, 0.1) is 18.4 Å². The van der Waals surface area contributed by atoms with Crippen LogP contribution < -0.4 is 0 Å². The summed E-state index contributed by atoms with van der Waals surface area (Å²) in [7, 11) is 0. The van der Waals surface area contributed by atoms with Crippen LogP contribution in [0, 0.1) is 0 Å². The molecule has 0 saturated heterocycles. The van der Waals surface area contributed by atoms with Gasteiger partial charge in [0.1, 0.15) is 17.8 Å². The predicted octanol–water partition coefficient (Wildman–Crippen LogP) is 2.63. The van der Waals surface area contributed by atoms with Crippen LogP contribution in [0.25, 0.3) is 5.69 Å². The first-order chi connectivity index (χ1) is 11.3. The number of aromatic nitrogens is 3. The van der Waals surface area contributed by atoms with Gasteiger partial charge in [0.15, 0.2) is 0 Å². The zero-order valence-electron chi connectivity index (χ0n) is 12.3. The van der Waals surface area contributed by atoms with Crippen LogP contribution in [-0.2, 0) is 17.9 Å². The molecule has 0 aliphatic carbocycles. The van der Waals surface area contributed by atoms with Crippen molar-refractivity contribution >= 4 is 17.5 Å². The number of hydrogen-bond acceptors (Lipinski definition) is 4. The van der Waals surface area contributed by atoms with Crippen molar-refractivity contribution in [3.05, 3.63) is 66.3 Å². The van der Waals surface area contributed by atoms with Crippen molar-refractivity contribution in [3.8, 4) is 5.69 Å². The van der Waals surface area contributed by atoms with Gasteiger partial charge in [0, 0.05) is 24.4 Å². The summed E-state index contributed by atoms with van der Waals surface area (Å²) < 4.78 is 6.58. The lowest BCUT2D eigenvalue weighted by molar-refractivity contribution is -0.129. The molecule has 1 aromatic carbocycles. The van der Waals surface area contributed by atoms with Crippen LogP contribution in [0.4, 0.5) is 0 Å². The van der Waals surface area contributed by atoms with E-state index in [1.165, 1.54) is 6.26 Å². The fourth-order valence-corrected chi connectivity index (χ4v) is 2.38. The third kappa shape index (κ3) is 3.78. The van der Waals surface area contributed by atoms with E-state index < -0.39 is 0 Å². The molecule has 3 aromatic rings. The molecule has 0 fully saturated rings. The Kier molecular flexibility index (Phi) is 4.73. The largest absolute Gasteiger partial charge is 0.364 e. The maximum atomic E-state index is 12.0. The Balaban J connectivity index is 1.75. The van der Waals surface area contributed by atoms with Gasteiger partial charge >= 0.3 is 0 Å². The molecule has 0 aliphatic heterocycles. The fourth-order valence-electron chi connectivity index (χ4n) is 2.22. The molecule has 1 amide bonds. The molecule has 0 spiro atoms. The number of para-hydroxylation sites is 1. The summed E-state index contributed by atoms with van der Waals surface area (Å²) in [6.45, 7) is 0.754. The summed E-state index contributed by atoms with van der Waals surface area (Å²) in [6.07, 6.45) is 5.11. The average molecular weight is 331 g/mol. The van der Waals surface area contributed by atoms with Crippen molar-refractivity contribution in [2.24, 2.45) is 0 Å². The predicted molar refractivity (Wildman–Crippen MR) is 85.0 cm³/mol. The number of nitrogens with zero attached hydrogens (tertiary/aromatic N) is 4. The summed E-state index contributed by atoms with van der Waals surface area (Å²) in [5, 5.41) is 8.17. The van der Waals surface area contributed by atoms with Gasteiger partial charge < -0.3 is 9.42 Å². The molecule has 0 saturated carbocycles.